The lowest BCUT2D eigenvalue weighted by Gasteiger charge is -2.06. The molecule has 0 spiro atoms. The van der Waals surface area contributed by atoms with Crippen LogP contribution in [0.25, 0.3) is 0 Å². The fraction of sp³-hybridized carbons (Fsp3) is 0.308. The maximum Gasteiger partial charge on any atom is 0.231 e. The van der Waals surface area contributed by atoms with Crippen LogP contribution in [0.4, 0.5) is 0 Å². The number of imidazole rings is 1. The topological polar surface area (TPSA) is 59.2 Å². The molecule has 0 fully saturated rings. The van der Waals surface area contributed by atoms with Gasteiger partial charge in [-0.1, -0.05) is 11.6 Å². The van der Waals surface area contributed by atoms with Gasteiger partial charge in [0.1, 0.15) is 0 Å². The van der Waals surface area contributed by atoms with E-state index >= 15 is 0 Å². The van der Waals surface area contributed by atoms with Crippen LogP contribution in [0.5, 0.6) is 11.5 Å². The molecule has 2 N–H and O–H groups in total. The van der Waals surface area contributed by atoms with Gasteiger partial charge in [0.15, 0.2) is 11.5 Å². The van der Waals surface area contributed by atoms with Gasteiger partial charge in [0, 0.05) is 31.4 Å². The highest BCUT2D eigenvalue weighted by Crippen LogP contribution is 2.39. The zero-order valence-corrected chi connectivity index (χ0v) is 11.0. The number of benzene rings is 1. The molecule has 0 saturated carbocycles. The molecule has 2 heterocycles. The second-order valence-corrected chi connectivity index (χ2v) is 4.72. The number of fused-ring (bicyclic) bond motifs is 1. The van der Waals surface area contributed by atoms with Crippen LogP contribution < -0.4 is 14.8 Å². The third kappa shape index (κ3) is 2.83. The highest BCUT2D eigenvalue weighted by atomic mass is 35.5. The third-order valence-electron chi connectivity index (χ3n) is 2.94. The average Bonchev–Trinajstić information content (AvgIpc) is 3.05. The van der Waals surface area contributed by atoms with Crippen molar-refractivity contribution >= 4 is 11.6 Å². The van der Waals surface area contributed by atoms with Gasteiger partial charge < -0.3 is 19.8 Å². The Hall–Kier alpha value is -1.72. The Bertz CT molecular complexity index is 557. The van der Waals surface area contributed by atoms with E-state index in [9.17, 15) is 0 Å². The quantitative estimate of drug-likeness (QED) is 0.823. The lowest BCUT2D eigenvalue weighted by molar-refractivity contribution is 0.174. The van der Waals surface area contributed by atoms with Crippen molar-refractivity contribution in [2.45, 2.75) is 13.0 Å². The lowest BCUT2D eigenvalue weighted by Crippen LogP contribution is -2.16. The van der Waals surface area contributed by atoms with Gasteiger partial charge in [0.25, 0.3) is 0 Å². The van der Waals surface area contributed by atoms with E-state index < -0.39 is 0 Å². The second kappa shape index (κ2) is 5.50. The summed E-state index contributed by atoms with van der Waals surface area (Å²) >= 11 is 6.12. The second-order valence-electron chi connectivity index (χ2n) is 4.32. The first-order valence-corrected chi connectivity index (χ1v) is 6.47. The number of nitrogens with zero attached hydrogens (tertiary/aromatic N) is 1. The van der Waals surface area contributed by atoms with Gasteiger partial charge in [-0.15, -0.1) is 0 Å². The van der Waals surface area contributed by atoms with Crippen LogP contribution in [0, 0.1) is 0 Å². The smallest absolute Gasteiger partial charge is 0.231 e. The highest BCUT2D eigenvalue weighted by molar-refractivity contribution is 6.32. The number of halogens is 1. The predicted octanol–water partition coefficient (Wildman–Crippen LogP) is 2.12. The average molecular weight is 280 g/mol. The van der Waals surface area contributed by atoms with Gasteiger partial charge in [-0.2, -0.15) is 0 Å². The van der Waals surface area contributed by atoms with Gasteiger partial charge in [-0.25, -0.2) is 4.98 Å². The predicted molar refractivity (Wildman–Crippen MR) is 71.6 cm³/mol. The number of hydrogen-bond donors (Lipinski definition) is 2. The summed E-state index contributed by atoms with van der Waals surface area (Å²) in [6, 6.07) is 3.86. The molecule has 1 aromatic carbocycles. The van der Waals surface area contributed by atoms with E-state index in [2.05, 4.69) is 15.3 Å². The highest BCUT2D eigenvalue weighted by Gasteiger charge is 2.17. The molecule has 0 bridgehead atoms. The minimum Gasteiger partial charge on any atom is -0.454 e. The van der Waals surface area contributed by atoms with Crippen LogP contribution in [0.15, 0.2) is 24.7 Å². The monoisotopic (exact) mass is 279 g/mol. The third-order valence-corrected chi connectivity index (χ3v) is 3.22. The summed E-state index contributed by atoms with van der Waals surface area (Å²) in [6.45, 7) is 1.85. The first-order chi connectivity index (χ1) is 9.33. The zero-order valence-electron chi connectivity index (χ0n) is 10.3. The summed E-state index contributed by atoms with van der Waals surface area (Å²) in [5.41, 5.74) is 2.20. The normalized spacial score (nSPS) is 12.9. The summed E-state index contributed by atoms with van der Waals surface area (Å²) in [4.78, 5) is 7.05. The summed E-state index contributed by atoms with van der Waals surface area (Å²) in [7, 11) is 0. The van der Waals surface area contributed by atoms with E-state index in [0.29, 0.717) is 10.8 Å². The first-order valence-electron chi connectivity index (χ1n) is 6.09. The number of aromatic nitrogens is 2. The minimum absolute atomic E-state index is 0.242. The molecular formula is C13H14ClN3O2. The fourth-order valence-electron chi connectivity index (χ4n) is 2.00. The largest absolute Gasteiger partial charge is 0.454 e. The fourth-order valence-corrected chi connectivity index (χ4v) is 2.29. The zero-order chi connectivity index (χ0) is 13.1. The Balaban J connectivity index is 1.54. The molecule has 0 atom stereocenters. The molecule has 3 rings (SSSR count). The number of nitrogens with one attached hydrogen (secondary N) is 2. The molecule has 0 aliphatic carbocycles. The van der Waals surface area contributed by atoms with Crippen molar-refractivity contribution in [1.82, 2.24) is 15.3 Å². The van der Waals surface area contributed by atoms with Gasteiger partial charge >= 0.3 is 0 Å². The van der Waals surface area contributed by atoms with Crippen LogP contribution in [0.2, 0.25) is 5.02 Å². The maximum absolute atomic E-state index is 6.12. The Morgan fingerprint density at radius 2 is 2.32 bits per heavy atom. The minimum atomic E-state index is 0.242. The molecule has 6 heteroatoms. The number of aromatic amines is 1. The van der Waals surface area contributed by atoms with Crippen LogP contribution in [-0.4, -0.2) is 23.3 Å². The molecule has 1 aliphatic heterocycles. The molecule has 1 aliphatic rings. The van der Waals surface area contributed by atoms with Crippen molar-refractivity contribution in [3.63, 3.8) is 0 Å². The van der Waals surface area contributed by atoms with Crippen molar-refractivity contribution in [3.05, 3.63) is 40.9 Å². The molecule has 0 unspecified atom stereocenters. The molecule has 0 radical (unpaired) electrons. The Labute approximate surface area is 115 Å². The van der Waals surface area contributed by atoms with Gasteiger partial charge in [-0.3, -0.25) is 0 Å². The Kier molecular flexibility index (Phi) is 3.57. The van der Waals surface area contributed by atoms with Gasteiger partial charge in [-0.05, 0) is 17.7 Å². The molecule has 0 saturated heterocycles. The molecule has 5 nitrogen and oxygen atoms in total. The number of hydrogen-bond acceptors (Lipinski definition) is 4. The number of rotatable bonds is 5. The van der Waals surface area contributed by atoms with Crippen molar-refractivity contribution < 1.29 is 9.47 Å². The van der Waals surface area contributed by atoms with Crippen LogP contribution >= 0.6 is 11.6 Å². The molecule has 1 aromatic heterocycles. The van der Waals surface area contributed by atoms with E-state index in [0.717, 1.165) is 36.5 Å². The van der Waals surface area contributed by atoms with E-state index in [1.165, 1.54) is 0 Å². The van der Waals surface area contributed by atoms with E-state index in [4.69, 9.17) is 21.1 Å². The Morgan fingerprint density at radius 3 is 3.16 bits per heavy atom. The first kappa shape index (κ1) is 12.3. The van der Waals surface area contributed by atoms with Crippen LogP contribution in [0.3, 0.4) is 0 Å². The van der Waals surface area contributed by atoms with Gasteiger partial charge in [0.05, 0.1) is 11.3 Å². The van der Waals surface area contributed by atoms with E-state index in [1.54, 1.807) is 6.33 Å². The van der Waals surface area contributed by atoms with Crippen molar-refractivity contribution in [3.8, 4) is 11.5 Å². The maximum atomic E-state index is 6.12. The number of ether oxygens (including phenoxy) is 2. The summed E-state index contributed by atoms with van der Waals surface area (Å²) in [5, 5.41) is 3.95. The molecule has 19 heavy (non-hydrogen) atoms. The van der Waals surface area contributed by atoms with E-state index in [1.807, 2.05) is 18.3 Å². The van der Waals surface area contributed by atoms with Crippen molar-refractivity contribution in [1.29, 1.82) is 0 Å². The van der Waals surface area contributed by atoms with Crippen molar-refractivity contribution in [2.24, 2.45) is 0 Å². The molecule has 0 amide bonds. The standard InChI is InChI=1S/C13H14ClN3O2/c14-11-3-9(4-12-13(11)19-8-18-12)5-15-2-1-10-6-16-7-17-10/h3-4,6-7,15H,1-2,5,8H2,(H,16,17). The summed E-state index contributed by atoms with van der Waals surface area (Å²) < 4.78 is 10.6. The Morgan fingerprint density at radius 1 is 1.37 bits per heavy atom. The van der Waals surface area contributed by atoms with Crippen LogP contribution in [0.1, 0.15) is 11.3 Å². The van der Waals surface area contributed by atoms with E-state index in [-0.39, 0.29) is 6.79 Å². The SMILES string of the molecule is Clc1cc(CNCCc2cnc[nH]2)cc2c1OCO2. The summed E-state index contributed by atoms with van der Waals surface area (Å²) in [6.07, 6.45) is 4.43. The lowest BCUT2D eigenvalue weighted by atomic mass is 10.2. The number of H-pyrrole nitrogens is 1. The summed E-state index contributed by atoms with van der Waals surface area (Å²) in [5.74, 6) is 1.36. The van der Waals surface area contributed by atoms with Crippen molar-refractivity contribution in [2.75, 3.05) is 13.3 Å². The van der Waals surface area contributed by atoms with Gasteiger partial charge in [0.2, 0.25) is 6.79 Å². The molecule has 2 aromatic rings. The van der Waals surface area contributed by atoms with Crippen LogP contribution in [-0.2, 0) is 13.0 Å². The molecule has 100 valence electrons. The molecular weight excluding hydrogens is 266 g/mol.